The fourth-order valence-corrected chi connectivity index (χ4v) is 2.05. The van der Waals surface area contributed by atoms with Crippen LogP contribution in [0.25, 0.3) is 0 Å². The fourth-order valence-electron chi connectivity index (χ4n) is 2.05. The van der Waals surface area contributed by atoms with Crippen LogP contribution in [0.15, 0.2) is 47.5 Å². The van der Waals surface area contributed by atoms with Crippen molar-refractivity contribution in [2.45, 2.75) is 19.5 Å². The van der Waals surface area contributed by atoms with Gasteiger partial charge in [-0.1, -0.05) is 24.3 Å². The minimum absolute atomic E-state index is 0.105. The maximum atomic E-state index is 11.6. The van der Waals surface area contributed by atoms with Crippen molar-refractivity contribution in [2.75, 3.05) is 7.05 Å². The Balaban J connectivity index is 2.29. The van der Waals surface area contributed by atoms with Crippen LogP contribution in [-0.4, -0.2) is 16.6 Å². The van der Waals surface area contributed by atoms with Gasteiger partial charge in [0.2, 0.25) is 0 Å². The van der Waals surface area contributed by atoms with Gasteiger partial charge in [-0.05, 0) is 31.2 Å². The highest BCUT2D eigenvalue weighted by atomic mass is 16.1. The molecule has 0 bridgehead atoms. The van der Waals surface area contributed by atoms with Crippen molar-refractivity contribution < 1.29 is 0 Å². The summed E-state index contributed by atoms with van der Waals surface area (Å²) >= 11 is 0. The second kappa shape index (κ2) is 5.60. The summed E-state index contributed by atoms with van der Waals surface area (Å²) in [4.78, 5) is 15.4. The predicted molar refractivity (Wildman–Crippen MR) is 71.5 cm³/mol. The van der Waals surface area contributed by atoms with Crippen molar-refractivity contribution in [3.8, 4) is 0 Å². The SMILES string of the molecule is CNC(Cn1cccnc1=O)c1ccccc1C. The van der Waals surface area contributed by atoms with Crippen molar-refractivity contribution >= 4 is 0 Å². The van der Waals surface area contributed by atoms with E-state index in [0.717, 1.165) is 0 Å². The van der Waals surface area contributed by atoms with Crippen LogP contribution in [0.2, 0.25) is 0 Å². The Kier molecular flexibility index (Phi) is 3.89. The Morgan fingerprint density at radius 3 is 2.78 bits per heavy atom. The molecule has 94 valence electrons. The minimum Gasteiger partial charge on any atom is -0.312 e. The van der Waals surface area contributed by atoms with Gasteiger partial charge < -0.3 is 5.32 Å². The standard InChI is InChI=1S/C14H17N3O/c1-11-6-3-4-7-12(11)13(15-2)10-17-9-5-8-16-14(17)18/h3-9,13,15H,10H2,1-2H3. The molecule has 18 heavy (non-hydrogen) atoms. The first-order valence-corrected chi connectivity index (χ1v) is 5.96. The lowest BCUT2D eigenvalue weighted by atomic mass is 10.0. The number of aryl methyl sites for hydroxylation is 1. The van der Waals surface area contributed by atoms with Crippen molar-refractivity contribution in [2.24, 2.45) is 0 Å². The van der Waals surface area contributed by atoms with E-state index in [1.165, 1.54) is 17.3 Å². The summed E-state index contributed by atoms with van der Waals surface area (Å²) in [5, 5.41) is 3.25. The third-order valence-corrected chi connectivity index (χ3v) is 3.07. The molecule has 4 heteroatoms. The van der Waals surface area contributed by atoms with Crippen molar-refractivity contribution in [3.05, 3.63) is 64.3 Å². The van der Waals surface area contributed by atoms with Crippen LogP contribution in [-0.2, 0) is 6.54 Å². The smallest absolute Gasteiger partial charge is 0.312 e. The van der Waals surface area contributed by atoms with Gasteiger partial charge in [0, 0.05) is 18.9 Å². The number of benzene rings is 1. The second-order valence-electron chi connectivity index (χ2n) is 4.25. The molecule has 2 rings (SSSR count). The summed E-state index contributed by atoms with van der Waals surface area (Å²) < 4.78 is 1.62. The fraction of sp³-hybridized carbons (Fsp3) is 0.286. The van der Waals surface area contributed by atoms with E-state index in [9.17, 15) is 4.79 Å². The van der Waals surface area contributed by atoms with E-state index in [1.807, 2.05) is 19.2 Å². The minimum atomic E-state index is -0.216. The first-order chi connectivity index (χ1) is 8.72. The Hall–Kier alpha value is -1.94. The van der Waals surface area contributed by atoms with Gasteiger partial charge in [-0.3, -0.25) is 4.57 Å². The molecule has 0 amide bonds. The highest BCUT2D eigenvalue weighted by Crippen LogP contribution is 2.18. The Bertz CT molecular complexity index is 577. The molecule has 0 aliphatic rings. The molecule has 0 radical (unpaired) electrons. The molecule has 0 aliphatic carbocycles. The van der Waals surface area contributed by atoms with E-state index in [4.69, 9.17) is 0 Å². The van der Waals surface area contributed by atoms with E-state index >= 15 is 0 Å². The average Bonchev–Trinajstić information content (AvgIpc) is 2.39. The molecule has 1 N–H and O–H groups in total. The zero-order valence-electron chi connectivity index (χ0n) is 10.6. The van der Waals surface area contributed by atoms with E-state index in [-0.39, 0.29) is 11.7 Å². The molecule has 1 aromatic carbocycles. The monoisotopic (exact) mass is 243 g/mol. The molecule has 1 unspecified atom stereocenters. The van der Waals surface area contributed by atoms with Gasteiger partial charge in [-0.25, -0.2) is 9.78 Å². The van der Waals surface area contributed by atoms with Crippen LogP contribution in [0.1, 0.15) is 17.2 Å². The lowest BCUT2D eigenvalue weighted by molar-refractivity contribution is 0.483. The van der Waals surface area contributed by atoms with E-state index in [2.05, 4.69) is 29.4 Å². The summed E-state index contributed by atoms with van der Waals surface area (Å²) in [5.74, 6) is 0. The molecule has 0 aliphatic heterocycles. The van der Waals surface area contributed by atoms with Gasteiger partial charge in [-0.2, -0.15) is 0 Å². The number of hydrogen-bond acceptors (Lipinski definition) is 3. The molecule has 4 nitrogen and oxygen atoms in total. The number of rotatable bonds is 4. The first-order valence-electron chi connectivity index (χ1n) is 5.96. The van der Waals surface area contributed by atoms with Crippen LogP contribution in [0, 0.1) is 6.92 Å². The summed E-state index contributed by atoms with van der Waals surface area (Å²) in [6.45, 7) is 2.65. The van der Waals surface area contributed by atoms with Crippen LogP contribution in [0.3, 0.4) is 0 Å². The molecule has 1 atom stereocenters. The quantitative estimate of drug-likeness (QED) is 0.885. The second-order valence-corrected chi connectivity index (χ2v) is 4.25. The zero-order chi connectivity index (χ0) is 13.0. The van der Waals surface area contributed by atoms with E-state index in [1.54, 1.807) is 16.8 Å². The predicted octanol–water partition coefficient (Wildman–Crippen LogP) is 1.51. The Morgan fingerprint density at radius 1 is 1.33 bits per heavy atom. The number of nitrogens with zero attached hydrogens (tertiary/aromatic N) is 2. The van der Waals surface area contributed by atoms with Crippen LogP contribution in [0.5, 0.6) is 0 Å². The summed E-state index contributed by atoms with van der Waals surface area (Å²) in [6, 6.07) is 10.1. The lowest BCUT2D eigenvalue weighted by Gasteiger charge is -2.19. The third kappa shape index (κ3) is 2.65. The van der Waals surface area contributed by atoms with Crippen molar-refractivity contribution in [3.63, 3.8) is 0 Å². The molecule has 0 spiro atoms. The van der Waals surface area contributed by atoms with Crippen molar-refractivity contribution in [1.29, 1.82) is 0 Å². The molecule has 0 saturated carbocycles. The first kappa shape index (κ1) is 12.5. The molecule has 2 aromatic rings. The Labute approximate surface area is 106 Å². The van der Waals surface area contributed by atoms with Gasteiger partial charge >= 0.3 is 5.69 Å². The van der Waals surface area contributed by atoms with Crippen LogP contribution < -0.4 is 11.0 Å². The zero-order valence-corrected chi connectivity index (χ0v) is 10.6. The van der Waals surface area contributed by atoms with Crippen molar-refractivity contribution in [1.82, 2.24) is 14.9 Å². The largest absolute Gasteiger partial charge is 0.347 e. The van der Waals surface area contributed by atoms with Gasteiger partial charge in [0.25, 0.3) is 0 Å². The average molecular weight is 243 g/mol. The maximum absolute atomic E-state index is 11.6. The lowest BCUT2D eigenvalue weighted by Crippen LogP contribution is -2.29. The third-order valence-electron chi connectivity index (χ3n) is 3.07. The van der Waals surface area contributed by atoms with Gasteiger partial charge in [-0.15, -0.1) is 0 Å². The molecule has 1 heterocycles. The van der Waals surface area contributed by atoms with Gasteiger partial charge in [0.15, 0.2) is 0 Å². The number of aromatic nitrogens is 2. The molecule has 1 aromatic heterocycles. The highest BCUT2D eigenvalue weighted by Gasteiger charge is 2.12. The topological polar surface area (TPSA) is 46.9 Å². The number of hydrogen-bond donors (Lipinski definition) is 1. The number of nitrogens with one attached hydrogen (secondary N) is 1. The molecular weight excluding hydrogens is 226 g/mol. The number of likely N-dealkylation sites (N-methyl/N-ethyl adjacent to an activating group) is 1. The maximum Gasteiger partial charge on any atom is 0.347 e. The summed E-state index contributed by atoms with van der Waals surface area (Å²) in [6.07, 6.45) is 3.28. The highest BCUT2D eigenvalue weighted by molar-refractivity contribution is 5.28. The van der Waals surface area contributed by atoms with Gasteiger partial charge in [0.05, 0.1) is 6.04 Å². The molecule has 0 fully saturated rings. The van der Waals surface area contributed by atoms with E-state index in [0.29, 0.717) is 6.54 Å². The van der Waals surface area contributed by atoms with E-state index < -0.39 is 0 Å². The molecule has 0 saturated heterocycles. The summed E-state index contributed by atoms with van der Waals surface area (Å²) in [7, 11) is 1.90. The van der Waals surface area contributed by atoms with Crippen LogP contribution >= 0.6 is 0 Å². The Morgan fingerprint density at radius 2 is 2.11 bits per heavy atom. The summed E-state index contributed by atoms with van der Waals surface area (Å²) in [5.41, 5.74) is 2.20. The normalized spacial score (nSPS) is 12.3. The molecular formula is C14H17N3O. The van der Waals surface area contributed by atoms with Crippen LogP contribution in [0.4, 0.5) is 0 Å². The van der Waals surface area contributed by atoms with Gasteiger partial charge in [0.1, 0.15) is 0 Å².